The quantitative estimate of drug-likeness (QED) is 0.838. The number of ether oxygens (including phenoxy) is 1. The molecule has 9 heteroatoms. The van der Waals surface area contributed by atoms with Crippen molar-refractivity contribution < 1.29 is 13.2 Å². The third kappa shape index (κ3) is 3.35. The van der Waals surface area contributed by atoms with Gasteiger partial charge in [0.15, 0.2) is 5.82 Å². The SMILES string of the molecule is Cc1nc(CN(C)S(=O)(=O)N2CC(C)OC(C)C2)n[nH]1. The summed E-state index contributed by atoms with van der Waals surface area (Å²) in [6, 6.07) is 0. The van der Waals surface area contributed by atoms with E-state index in [0.717, 1.165) is 0 Å². The minimum absolute atomic E-state index is 0.104. The highest BCUT2D eigenvalue weighted by molar-refractivity contribution is 7.86. The number of aromatic amines is 1. The smallest absolute Gasteiger partial charge is 0.282 e. The summed E-state index contributed by atoms with van der Waals surface area (Å²) in [6.45, 7) is 6.39. The van der Waals surface area contributed by atoms with E-state index < -0.39 is 10.2 Å². The molecule has 1 fully saturated rings. The van der Waals surface area contributed by atoms with Gasteiger partial charge < -0.3 is 4.74 Å². The molecule has 114 valence electrons. The zero-order valence-electron chi connectivity index (χ0n) is 12.2. The number of H-pyrrole nitrogens is 1. The van der Waals surface area contributed by atoms with Crippen LogP contribution >= 0.6 is 0 Å². The molecule has 2 atom stereocenters. The Morgan fingerprint density at radius 3 is 2.50 bits per heavy atom. The molecule has 2 rings (SSSR count). The monoisotopic (exact) mass is 303 g/mol. The molecule has 0 aliphatic carbocycles. The number of rotatable bonds is 4. The standard InChI is InChI=1S/C11H21N5O3S/c1-8-5-16(6-9(2)19-8)20(17,18)15(4)7-11-12-10(3)13-14-11/h8-9H,5-7H2,1-4H3,(H,12,13,14). The Hall–Kier alpha value is -1.03. The average Bonchev–Trinajstić information content (AvgIpc) is 2.73. The summed E-state index contributed by atoms with van der Waals surface area (Å²) in [5.74, 6) is 1.13. The fraction of sp³-hybridized carbons (Fsp3) is 0.818. The Labute approximate surface area is 119 Å². The van der Waals surface area contributed by atoms with E-state index in [1.54, 1.807) is 6.92 Å². The van der Waals surface area contributed by atoms with Gasteiger partial charge in [0.05, 0.1) is 18.8 Å². The maximum absolute atomic E-state index is 12.5. The minimum Gasteiger partial charge on any atom is -0.373 e. The minimum atomic E-state index is -3.52. The average molecular weight is 303 g/mol. The van der Waals surface area contributed by atoms with Crippen LogP contribution in [0.2, 0.25) is 0 Å². The number of hydrogen-bond acceptors (Lipinski definition) is 5. The van der Waals surface area contributed by atoms with Gasteiger partial charge in [0.1, 0.15) is 5.82 Å². The molecule has 1 aliphatic heterocycles. The molecule has 1 saturated heterocycles. The molecule has 0 bridgehead atoms. The highest BCUT2D eigenvalue weighted by Crippen LogP contribution is 2.17. The van der Waals surface area contributed by atoms with Crippen LogP contribution in [0.15, 0.2) is 0 Å². The molecule has 0 aromatic carbocycles. The predicted octanol–water partition coefficient (Wildman–Crippen LogP) is -0.101. The van der Waals surface area contributed by atoms with Gasteiger partial charge in [0.25, 0.3) is 10.2 Å². The van der Waals surface area contributed by atoms with E-state index in [4.69, 9.17) is 4.74 Å². The number of nitrogens with one attached hydrogen (secondary N) is 1. The van der Waals surface area contributed by atoms with Gasteiger partial charge in [-0.1, -0.05) is 0 Å². The van der Waals surface area contributed by atoms with Crippen LogP contribution in [0.5, 0.6) is 0 Å². The largest absolute Gasteiger partial charge is 0.373 e. The van der Waals surface area contributed by atoms with Crippen LogP contribution in [-0.4, -0.2) is 64.6 Å². The Bertz CT molecular complexity index is 548. The van der Waals surface area contributed by atoms with Crippen molar-refractivity contribution in [2.45, 2.75) is 39.5 Å². The zero-order valence-corrected chi connectivity index (χ0v) is 13.0. The number of aryl methyl sites for hydroxylation is 1. The third-order valence-corrected chi connectivity index (χ3v) is 4.98. The topological polar surface area (TPSA) is 91.4 Å². The van der Waals surface area contributed by atoms with Crippen LogP contribution in [0.4, 0.5) is 0 Å². The maximum Gasteiger partial charge on any atom is 0.282 e. The number of morpholine rings is 1. The Balaban J connectivity index is 2.08. The van der Waals surface area contributed by atoms with Crippen LogP contribution in [-0.2, 0) is 21.5 Å². The van der Waals surface area contributed by atoms with Gasteiger partial charge in [-0.15, -0.1) is 0 Å². The lowest BCUT2D eigenvalue weighted by Crippen LogP contribution is -2.52. The normalized spacial score (nSPS) is 25.2. The van der Waals surface area contributed by atoms with E-state index in [1.165, 1.54) is 15.7 Å². The second kappa shape index (κ2) is 5.76. The molecule has 0 amide bonds. The van der Waals surface area contributed by atoms with Crippen molar-refractivity contribution in [3.8, 4) is 0 Å². The molecule has 2 heterocycles. The fourth-order valence-corrected chi connectivity index (χ4v) is 3.73. The highest BCUT2D eigenvalue weighted by atomic mass is 32.2. The molecule has 1 aromatic heterocycles. The van der Waals surface area contributed by atoms with Crippen LogP contribution in [0.1, 0.15) is 25.5 Å². The van der Waals surface area contributed by atoms with Gasteiger partial charge in [0, 0.05) is 20.1 Å². The van der Waals surface area contributed by atoms with E-state index >= 15 is 0 Å². The first-order chi connectivity index (χ1) is 9.29. The van der Waals surface area contributed by atoms with Crippen molar-refractivity contribution in [1.82, 2.24) is 23.8 Å². The second-order valence-electron chi connectivity index (χ2n) is 5.18. The molecule has 0 saturated carbocycles. The van der Waals surface area contributed by atoms with E-state index in [9.17, 15) is 8.42 Å². The van der Waals surface area contributed by atoms with Crippen LogP contribution in [0.3, 0.4) is 0 Å². The second-order valence-corrected chi connectivity index (χ2v) is 7.21. The molecule has 2 unspecified atom stereocenters. The number of nitrogens with zero attached hydrogens (tertiary/aromatic N) is 4. The van der Waals surface area contributed by atoms with E-state index in [1.807, 2.05) is 13.8 Å². The summed E-state index contributed by atoms with van der Waals surface area (Å²) >= 11 is 0. The van der Waals surface area contributed by atoms with Gasteiger partial charge in [0.2, 0.25) is 0 Å². The molecule has 1 N–H and O–H groups in total. The number of hydrogen-bond donors (Lipinski definition) is 1. The van der Waals surface area contributed by atoms with Crippen molar-refractivity contribution in [3.63, 3.8) is 0 Å². The zero-order chi connectivity index (χ0) is 14.9. The number of aromatic nitrogens is 3. The fourth-order valence-electron chi connectivity index (χ4n) is 2.26. The van der Waals surface area contributed by atoms with Gasteiger partial charge in [-0.25, -0.2) is 4.98 Å². The van der Waals surface area contributed by atoms with Gasteiger partial charge in [-0.05, 0) is 20.8 Å². The Morgan fingerprint density at radius 2 is 2.00 bits per heavy atom. The molecular weight excluding hydrogens is 282 g/mol. The van der Waals surface area contributed by atoms with Crippen molar-refractivity contribution >= 4 is 10.2 Å². The van der Waals surface area contributed by atoms with E-state index in [2.05, 4.69) is 15.2 Å². The molecule has 20 heavy (non-hydrogen) atoms. The van der Waals surface area contributed by atoms with Crippen molar-refractivity contribution in [1.29, 1.82) is 0 Å². The highest BCUT2D eigenvalue weighted by Gasteiger charge is 2.34. The van der Waals surface area contributed by atoms with Crippen LogP contribution in [0.25, 0.3) is 0 Å². The van der Waals surface area contributed by atoms with Crippen molar-refractivity contribution in [2.75, 3.05) is 20.1 Å². The Morgan fingerprint density at radius 1 is 1.40 bits per heavy atom. The summed E-state index contributed by atoms with van der Waals surface area (Å²) in [4.78, 5) is 4.12. The van der Waals surface area contributed by atoms with Crippen molar-refractivity contribution in [3.05, 3.63) is 11.6 Å². The van der Waals surface area contributed by atoms with E-state index in [0.29, 0.717) is 24.7 Å². The lowest BCUT2D eigenvalue weighted by atomic mass is 10.3. The molecule has 1 aromatic rings. The molecule has 0 radical (unpaired) electrons. The van der Waals surface area contributed by atoms with Crippen molar-refractivity contribution in [2.24, 2.45) is 0 Å². The van der Waals surface area contributed by atoms with Gasteiger partial charge in [-0.3, -0.25) is 5.10 Å². The van der Waals surface area contributed by atoms with E-state index in [-0.39, 0.29) is 18.8 Å². The molecular formula is C11H21N5O3S. The lowest BCUT2D eigenvalue weighted by Gasteiger charge is -2.36. The maximum atomic E-state index is 12.5. The first-order valence-corrected chi connectivity index (χ1v) is 7.93. The van der Waals surface area contributed by atoms with Gasteiger partial charge >= 0.3 is 0 Å². The van der Waals surface area contributed by atoms with Crippen LogP contribution in [0, 0.1) is 6.92 Å². The predicted molar refractivity (Wildman–Crippen MR) is 73.1 cm³/mol. The summed E-state index contributed by atoms with van der Waals surface area (Å²) in [7, 11) is -1.99. The summed E-state index contributed by atoms with van der Waals surface area (Å²) < 4.78 is 33.3. The first kappa shape index (κ1) is 15.4. The Kier molecular flexibility index (Phi) is 4.43. The molecule has 1 aliphatic rings. The lowest BCUT2D eigenvalue weighted by molar-refractivity contribution is -0.0453. The summed E-state index contributed by atoms with van der Waals surface area (Å²) in [5, 5.41) is 6.66. The molecule has 8 nitrogen and oxygen atoms in total. The molecule has 0 spiro atoms. The summed E-state index contributed by atoms with van der Waals surface area (Å²) in [5.41, 5.74) is 0. The summed E-state index contributed by atoms with van der Waals surface area (Å²) in [6.07, 6.45) is -0.208. The third-order valence-electron chi connectivity index (χ3n) is 3.11. The van der Waals surface area contributed by atoms with Crippen LogP contribution < -0.4 is 0 Å². The van der Waals surface area contributed by atoms with Gasteiger partial charge in [-0.2, -0.15) is 22.1 Å². The first-order valence-electron chi connectivity index (χ1n) is 6.53.